The Morgan fingerprint density at radius 1 is 1.06 bits per heavy atom. The fourth-order valence-corrected chi connectivity index (χ4v) is 5.04. The third-order valence-electron chi connectivity index (χ3n) is 6.05. The zero-order chi connectivity index (χ0) is 23.7. The van der Waals surface area contributed by atoms with Gasteiger partial charge in [0.2, 0.25) is 0 Å². The summed E-state index contributed by atoms with van der Waals surface area (Å²) in [4.78, 5) is 41.7. The maximum absolute atomic E-state index is 12.7. The summed E-state index contributed by atoms with van der Waals surface area (Å²) in [5.74, 6) is -1.47. The minimum absolute atomic E-state index is 0.0233. The Morgan fingerprint density at radius 2 is 1.71 bits per heavy atom. The summed E-state index contributed by atoms with van der Waals surface area (Å²) < 4.78 is 5.52. The molecule has 1 fully saturated rings. The van der Waals surface area contributed by atoms with Crippen molar-refractivity contribution in [3.8, 4) is 11.1 Å². The van der Waals surface area contributed by atoms with Gasteiger partial charge >= 0.3 is 12.1 Å². The van der Waals surface area contributed by atoms with Gasteiger partial charge in [-0.05, 0) is 35.1 Å². The Hall–Kier alpha value is -3.72. The van der Waals surface area contributed by atoms with Crippen LogP contribution in [0.2, 0.25) is 0 Å². The Balaban J connectivity index is 1.17. The van der Waals surface area contributed by atoms with Crippen LogP contribution in [0.5, 0.6) is 0 Å². The normalized spacial score (nSPS) is 14.2. The van der Waals surface area contributed by atoms with E-state index >= 15 is 0 Å². The van der Waals surface area contributed by atoms with E-state index in [1.54, 1.807) is 5.38 Å². The SMILES string of the molecule is O=C(O)CN(C(=O)c1csc(CNC(=O)OCC2c3ccccc3-c3ccccc32)n1)C1CC1. The molecule has 0 radical (unpaired) electrons. The molecule has 34 heavy (non-hydrogen) atoms. The van der Waals surface area contributed by atoms with E-state index in [9.17, 15) is 14.4 Å². The molecule has 3 aromatic rings. The summed E-state index contributed by atoms with van der Waals surface area (Å²) in [7, 11) is 0. The number of carboxylic acids is 1. The van der Waals surface area contributed by atoms with Crippen LogP contribution >= 0.6 is 11.3 Å². The van der Waals surface area contributed by atoms with Crippen molar-refractivity contribution in [2.24, 2.45) is 0 Å². The number of benzene rings is 2. The highest BCUT2D eigenvalue weighted by atomic mass is 32.1. The standard InChI is InChI=1S/C25H23N3O5S/c29-23(30)12-28(15-9-10-15)24(31)21-14-34-22(27-21)11-26-25(32)33-13-20-18-7-3-1-5-16(18)17-6-2-4-8-19(17)20/h1-8,14-15,20H,9-13H2,(H,26,32)(H,29,30). The third-order valence-corrected chi connectivity index (χ3v) is 6.90. The van der Waals surface area contributed by atoms with Crippen LogP contribution in [0.1, 0.15) is 45.4 Å². The molecule has 0 bridgehead atoms. The number of thiazole rings is 1. The predicted molar refractivity (Wildman–Crippen MR) is 126 cm³/mol. The molecule has 1 heterocycles. The third kappa shape index (κ3) is 4.51. The van der Waals surface area contributed by atoms with E-state index in [2.05, 4.69) is 34.6 Å². The molecule has 1 saturated carbocycles. The fourth-order valence-electron chi connectivity index (χ4n) is 4.33. The molecule has 8 nitrogen and oxygen atoms in total. The van der Waals surface area contributed by atoms with Crippen LogP contribution in [0, 0.1) is 0 Å². The summed E-state index contributed by atoms with van der Waals surface area (Å²) in [6.45, 7) is -0.00165. The zero-order valence-electron chi connectivity index (χ0n) is 18.3. The number of nitrogens with one attached hydrogen (secondary N) is 1. The number of fused-ring (bicyclic) bond motifs is 3. The monoisotopic (exact) mass is 477 g/mol. The van der Waals surface area contributed by atoms with Crippen molar-refractivity contribution in [1.29, 1.82) is 0 Å². The van der Waals surface area contributed by atoms with Crippen LogP contribution < -0.4 is 5.32 Å². The van der Waals surface area contributed by atoms with Crippen LogP contribution in [0.4, 0.5) is 4.79 Å². The van der Waals surface area contributed by atoms with E-state index in [-0.39, 0.29) is 37.4 Å². The smallest absolute Gasteiger partial charge is 0.407 e. The number of nitrogens with zero attached hydrogens (tertiary/aromatic N) is 2. The first kappa shape index (κ1) is 22.1. The number of aromatic nitrogens is 1. The van der Waals surface area contributed by atoms with Gasteiger partial charge in [0, 0.05) is 17.3 Å². The minimum atomic E-state index is -1.05. The maximum atomic E-state index is 12.7. The van der Waals surface area contributed by atoms with Crippen molar-refractivity contribution in [1.82, 2.24) is 15.2 Å². The van der Waals surface area contributed by atoms with Crippen LogP contribution in [-0.2, 0) is 16.1 Å². The molecular formula is C25H23N3O5S. The van der Waals surface area contributed by atoms with Crippen LogP contribution in [-0.4, -0.2) is 52.2 Å². The number of amides is 2. The van der Waals surface area contributed by atoms with Crippen molar-refractivity contribution in [3.05, 3.63) is 75.7 Å². The predicted octanol–water partition coefficient (Wildman–Crippen LogP) is 3.87. The lowest BCUT2D eigenvalue weighted by atomic mass is 9.98. The zero-order valence-corrected chi connectivity index (χ0v) is 19.1. The number of carboxylic acid groups (broad SMARTS) is 1. The average molecular weight is 478 g/mol. The van der Waals surface area contributed by atoms with Crippen molar-refractivity contribution >= 4 is 29.3 Å². The van der Waals surface area contributed by atoms with Gasteiger partial charge in [-0.1, -0.05) is 48.5 Å². The summed E-state index contributed by atoms with van der Waals surface area (Å²) in [6, 6.07) is 16.2. The second kappa shape index (κ2) is 9.26. The van der Waals surface area contributed by atoms with Gasteiger partial charge in [0.1, 0.15) is 23.9 Å². The largest absolute Gasteiger partial charge is 0.480 e. The lowest BCUT2D eigenvalue weighted by Gasteiger charge is -2.18. The molecule has 9 heteroatoms. The Labute approximate surface area is 200 Å². The van der Waals surface area contributed by atoms with E-state index in [0.717, 1.165) is 35.1 Å². The summed E-state index contributed by atoms with van der Waals surface area (Å²) in [5.41, 5.74) is 4.80. The van der Waals surface area contributed by atoms with E-state index in [1.807, 2.05) is 24.3 Å². The van der Waals surface area contributed by atoms with Crippen molar-refractivity contribution < 1.29 is 24.2 Å². The lowest BCUT2D eigenvalue weighted by molar-refractivity contribution is -0.137. The molecule has 0 aliphatic heterocycles. The van der Waals surface area contributed by atoms with Crippen molar-refractivity contribution in [2.75, 3.05) is 13.2 Å². The molecule has 0 saturated heterocycles. The van der Waals surface area contributed by atoms with E-state index < -0.39 is 18.0 Å². The lowest BCUT2D eigenvalue weighted by Crippen LogP contribution is -2.37. The number of ether oxygens (including phenoxy) is 1. The van der Waals surface area contributed by atoms with E-state index in [4.69, 9.17) is 9.84 Å². The number of carbonyl (C=O) groups excluding carboxylic acids is 2. The van der Waals surface area contributed by atoms with Gasteiger partial charge in [-0.2, -0.15) is 0 Å². The first-order valence-electron chi connectivity index (χ1n) is 11.1. The number of hydrogen-bond donors (Lipinski definition) is 2. The van der Waals surface area contributed by atoms with Gasteiger partial charge in [0.15, 0.2) is 0 Å². The maximum Gasteiger partial charge on any atom is 0.407 e. The summed E-state index contributed by atoms with van der Waals surface area (Å²) in [5, 5.41) is 13.9. The molecule has 2 amide bonds. The second-order valence-electron chi connectivity index (χ2n) is 8.36. The fraction of sp³-hybridized carbons (Fsp3) is 0.280. The second-order valence-corrected chi connectivity index (χ2v) is 9.31. The quantitative estimate of drug-likeness (QED) is 0.510. The number of rotatable bonds is 8. The Bertz CT molecular complexity index is 1210. The molecular weight excluding hydrogens is 454 g/mol. The molecule has 2 aliphatic rings. The average Bonchev–Trinajstić information content (AvgIpc) is 3.48. The number of aliphatic carboxylic acids is 1. The molecule has 0 spiro atoms. The molecule has 0 unspecified atom stereocenters. The van der Waals surface area contributed by atoms with Crippen LogP contribution in [0.25, 0.3) is 11.1 Å². The van der Waals surface area contributed by atoms with Gasteiger partial charge < -0.3 is 20.1 Å². The molecule has 2 aliphatic carbocycles. The highest BCUT2D eigenvalue weighted by molar-refractivity contribution is 7.09. The van der Waals surface area contributed by atoms with Crippen molar-refractivity contribution in [2.45, 2.75) is 31.3 Å². The van der Waals surface area contributed by atoms with Crippen LogP contribution in [0.3, 0.4) is 0 Å². The van der Waals surface area contributed by atoms with Gasteiger partial charge in [-0.25, -0.2) is 9.78 Å². The number of hydrogen-bond acceptors (Lipinski definition) is 6. The minimum Gasteiger partial charge on any atom is -0.480 e. The summed E-state index contributed by atoms with van der Waals surface area (Å²) in [6.07, 6.45) is 1.05. The number of alkyl carbamates (subject to hydrolysis) is 1. The van der Waals surface area contributed by atoms with Gasteiger partial charge in [-0.3, -0.25) is 9.59 Å². The first-order valence-corrected chi connectivity index (χ1v) is 11.9. The molecule has 174 valence electrons. The molecule has 0 atom stereocenters. The van der Waals surface area contributed by atoms with Gasteiger partial charge in [0.05, 0.1) is 6.54 Å². The summed E-state index contributed by atoms with van der Waals surface area (Å²) >= 11 is 1.24. The highest BCUT2D eigenvalue weighted by Gasteiger charge is 2.35. The molecule has 2 aromatic carbocycles. The molecule has 5 rings (SSSR count). The van der Waals surface area contributed by atoms with E-state index in [1.165, 1.54) is 16.2 Å². The van der Waals surface area contributed by atoms with E-state index in [0.29, 0.717) is 5.01 Å². The van der Waals surface area contributed by atoms with Gasteiger partial charge in [-0.15, -0.1) is 11.3 Å². The number of carbonyl (C=O) groups is 3. The topological polar surface area (TPSA) is 109 Å². The van der Waals surface area contributed by atoms with Crippen LogP contribution in [0.15, 0.2) is 53.9 Å². The first-order chi connectivity index (χ1) is 16.5. The van der Waals surface area contributed by atoms with Crippen molar-refractivity contribution in [3.63, 3.8) is 0 Å². The Morgan fingerprint density at radius 3 is 2.32 bits per heavy atom. The molecule has 2 N–H and O–H groups in total. The molecule has 1 aromatic heterocycles. The highest BCUT2D eigenvalue weighted by Crippen LogP contribution is 2.44. The Kier molecular flexibility index (Phi) is 6.02. The van der Waals surface area contributed by atoms with Gasteiger partial charge in [0.25, 0.3) is 5.91 Å².